The zero-order valence-electron chi connectivity index (χ0n) is 14.7. The average Bonchev–Trinajstić information content (AvgIpc) is 2.65. The smallest absolute Gasteiger partial charge is 0.252 e. The van der Waals surface area contributed by atoms with Gasteiger partial charge in [-0.3, -0.25) is 9.59 Å². The number of aromatic nitrogens is 1. The van der Waals surface area contributed by atoms with Gasteiger partial charge in [0.15, 0.2) is 0 Å². The highest BCUT2D eigenvalue weighted by Gasteiger charge is 2.19. The van der Waals surface area contributed by atoms with Crippen LogP contribution in [0.1, 0.15) is 28.8 Å². The SMILES string of the molecule is O=C(NCCN1CCC(Cc2ccc(F)cc2)CC1)c1ccc(=O)[nH]c1. The number of carbonyl (C=O) groups is 1. The molecular weight excluding hydrogens is 333 g/mol. The molecule has 2 heterocycles. The van der Waals surface area contributed by atoms with Gasteiger partial charge in [0.1, 0.15) is 5.82 Å². The molecule has 1 aromatic carbocycles. The Hall–Kier alpha value is -2.47. The van der Waals surface area contributed by atoms with Gasteiger partial charge in [0, 0.05) is 25.4 Å². The summed E-state index contributed by atoms with van der Waals surface area (Å²) in [6, 6.07) is 9.66. The normalized spacial score (nSPS) is 15.7. The van der Waals surface area contributed by atoms with Gasteiger partial charge < -0.3 is 15.2 Å². The van der Waals surface area contributed by atoms with Crippen LogP contribution in [0.25, 0.3) is 0 Å². The standard InChI is InChI=1S/C20H24FN3O2/c21-18-4-1-15(2-5-18)13-16-7-10-24(11-8-16)12-9-22-20(26)17-3-6-19(25)23-14-17/h1-6,14,16H,7-13H2,(H,22,26)(H,23,25). The first kappa shape index (κ1) is 18.3. The fourth-order valence-corrected chi connectivity index (χ4v) is 3.35. The third-order valence-electron chi connectivity index (χ3n) is 4.90. The van der Waals surface area contributed by atoms with E-state index in [9.17, 15) is 14.0 Å². The number of benzene rings is 1. The molecule has 5 nitrogen and oxygen atoms in total. The van der Waals surface area contributed by atoms with Gasteiger partial charge in [-0.25, -0.2) is 4.39 Å². The van der Waals surface area contributed by atoms with Gasteiger partial charge in [0.05, 0.1) is 5.56 Å². The Balaban J connectivity index is 1.36. The zero-order chi connectivity index (χ0) is 18.4. The van der Waals surface area contributed by atoms with Crippen LogP contribution < -0.4 is 10.9 Å². The second-order valence-electron chi connectivity index (χ2n) is 6.81. The van der Waals surface area contributed by atoms with E-state index < -0.39 is 0 Å². The van der Waals surface area contributed by atoms with Crippen molar-refractivity contribution >= 4 is 5.91 Å². The van der Waals surface area contributed by atoms with Crippen molar-refractivity contribution in [1.29, 1.82) is 0 Å². The maximum Gasteiger partial charge on any atom is 0.252 e. The van der Waals surface area contributed by atoms with Gasteiger partial charge in [-0.15, -0.1) is 0 Å². The van der Waals surface area contributed by atoms with Crippen molar-refractivity contribution in [1.82, 2.24) is 15.2 Å². The average molecular weight is 357 g/mol. The molecule has 138 valence electrons. The van der Waals surface area contributed by atoms with Crippen molar-refractivity contribution in [3.8, 4) is 0 Å². The van der Waals surface area contributed by atoms with E-state index in [4.69, 9.17) is 0 Å². The molecular formula is C20H24FN3O2. The first-order valence-corrected chi connectivity index (χ1v) is 9.04. The topological polar surface area (TPSA) is 65.2 Å². The van der Waals surface area contributed by atoms with Gasteiger partial charge in [-0.05, 0) is 62.0 Å². The first-order valence-electron chi connectivity index (χ1n) is 9.04. The van der Waals surface area contributed by atoms with E-state index in [0.29, 0.717) is 18.0 Å². The van der Waals surface area contributed by atoms with Gasteiger partial charge in [0.2, 0.25) is 5.56 Å². The molecule has 26 heavy (non-hydrogen) atoms. The van der Waals surface area contributed by atoms with Crippen LogP contribution in [-0.4, -0.2) is 42.0 Å². The summed E-state index contributed by atoms with van der Waals surface area (Å²) in [7, 11) is 0. The number of aromatic amines is 1. The van der Waals surface area contributed by atoms with Crippen molar-refractivity contribution in [3.63, 3.8) is 0 Å². The molecule has 0 unspecified atom stereocenters. The molecule has 3 rings (SSSR count). The van der Waals surface area contributed by atoms with Crippen LogP contribution in [-0.2, 0) is 6.42 Å². The number of carbonyl (C=O) groups excluding carboxylic acids is 1. The molecule has 0 spiro atoms. The van der Waals surface area contributed by atoms with Gasteiger partial charge in [-0.1, -0.05) is 12.1 Å². The fourth-order valence-electron chi connectivity index (χ4n) is 3.35. The van der Waals surface area contributed by atoms with E-state index in [1.54, 1.807) is 0 Å². The Kier molecular flexibility index (Phi) is 6.17. The summed E-state index contributed by atoms with van der Waals surface area (Å²) in [6.07, 6.45) is 4.66. The molecule has 1 aromatic heterocycles. The van der Waals surface area contributed by atoms with Crippen molar-refractivity contribution in [2.24, 2.45) is 5.92 Å². The number of rotatable bonds is 6. The summed E-state index contributed by atoms with van der Waals surface area (Å²) >= 11 is 0. The number of likely N-dealkylation sites (tertiary alicyclic amines) is 1. The molecule has 6 heteroatoms. The molecule has 2 N–H and O–H groups in total. The molecule has 1 aliphatic rings. The Morgan fingerprint density at radius 1 is 1.15 bits per heavy atom. The van der Waals surface area contributed by atoms with Crippen molar-refractivity contribution in [3.05, 3.63) is 69.9 Å². The van der Waals surface area contributed by atoms with Crippen LogP contribution in [0.3, 0.4) is 0 Å². The summed E-state index contributed by atoms with van der Waals surface area (Å²) in [5.41, 5.74) is 1.44. The number of H-pyrrole nitrogens is 1. The third-order valence-corrected chi connectivity index (χ3v) is 4.90. The summed E-state index contributed by atoms with van der Waals surface area (Å²) in [5, 5.41) is 2.88. The second kappa shape index (κ2) is 8.76. The van der Waals surface area contributed by atoms with Crippen LogP contribution in [0.15, 0.2) is 47.4 Å². The molecule has 0 atom stereocenters. The van der Waals surface area contributed by atoms with Gasteiger partial charge in [0.25, 0.3) is 5.91 Å². The molecule has 1 fully saturated rings. The maximum atomic E-state index is 13.0. The highest BCUT2D eigenvalue weighted by molar-refractivity contribution is 5.93. The van der Waals surface area contributed by atoms with Crippen LogP contribution in [0, 0.1) is 11.7 Å². The molecule has 0 bridgehead atoms. The fraction of sp³-hybridized carbons (Fsp3) is 0.400. The zero-order valence-corrected chi connectivity index (χ0v) is 14.7. The predicted molar refractivity (Wildman–Crippen MR) is 98.7 cm³/mol. The Morgan fingerprint density at radius 3 is 2.54 bits per heavy atom. The highest BCUT2D eigenvalue weighted by atomic mass is 19.1. The lowest BCUT2D eigenvalue weighted by Crippen LogP contribution is -2.40. The minimum absolute atomic E-state index is 0.174. The van der Waals surface area contributed by atoms with Crippen LogP contribution >= 0.6 is 0 Å². The van der Waals surface area contributed by atoms with Crippen molar-refractivity contribution in [2.45, 2.75) is 19.3 Å². The summed E-state index contributed by atoms with van der Waals surface area (Å²) in [5.74, 6) is 0.271. The number of nitrogens with zero attached hydrogens (tertiary/aromatic N) is 1. The van der Waals surface area contributed by atoms with E-state index in [1.165, 1.54) is 36.0 Å². The Labute approximate surface area is 152 Å². The number of nitrogens with one attached hydrogen (secondary N) is 2. The highest BCUT2D eigenvalue weighted by Crippen LogP contribution is 2.21. The number of hydrogen-bond acceptors (Lipinski definition) is 3. The van der Waals surface area contributed by atoms with E-state index >= 15 is 0 Å². The van der Waals surface area contributed by atoms with Crippen LogP contribution in [0.2, 0.25) is 0 Å². The van der Waals surface area contributed by atoms with Crippen LogP contribution in [0.5, 0.6) is 0 Å². The van der Waals surface area contributed by atoms with Crippen LogP contribution in [0.4, 0.5) is 4.39 Å². The second-order valence-corrected chi connectivity index (χ2v) is 6.81. The number of halogens is 1. The monoisotopic (exact) mass is 357 g/mol. The molecule has 1 amide bonds. The number of pyridine rings is 1. The first-order chi connectivity index (χ1) is 12.6. The minimum atomic E-state index is -0.218. The lowest BCUT2D eigenvalue weighted by molar-refractivity contribution is 0.0943. The summed E-state index contributed by atoms with van der Waals surface area (Å²) < 4.78 is 13.0. The number of amides is 1. The van der Waals surface area contributed by atoms with Crippen molar-refractivity contribution in [2.75, 3.05) is 26.2 Å². The molecule has 1 aliphatic heterocycles. The quantitative estimate of drug-likeness (QED) is 0.833. The maximum absolute atomic E-state index is 13.0. The number of hydrogen-bond donors (Lipinski definition) is 2. The largest absolute Gasteiger partial charge is 0.351 e. The predicted octanol–water partition coefficient (Wildman–Crippen LogP) is 2.20. The summed E-state index contributed by atoms with van der Waals surface area (Å²) in [4.78, 5) is 27.9. The van der Waals surface area contributed by atoms with E-state index in [0.717, 1.165) is 38.9 Å². The van der Waals surface area contributed by atoms with E-state index in [2.05, 4.69) is 15.2 Å². The minimum Gasteiger partial charge on any atom is -0.351 e. The summed E-state index contributed by atoms with van der Waals surface area (Å²) in [6.45, 7) is 3.43. The molecule has 0 saturated carbocycles. The van der Waals surface area contributed by atoms with E-state index in [-0.39, 0.29) is 17.3 Å². The molecule has 1 saturated heterocycles. The molecule has 2 aromatic rings. The van der Waals surface area contributed by atoms with Crippen molar-refractivity contribution < 1.29 is 9.18 Å². The van der Waals surface area contributed by atoms with Gasteiger partial charge in [-0.2, -0.15) is 0 Å². The molecule has 0 aliphatic carbocycles. The third kappa shape index (κ3) is 5.26. The van der Waals surface area contributed by atoms with Gasteiger partial charge >= 0.3 is 0 Å². The lowest BCUT2D eigenvalue weighted by atomic mass is 9.90. The lowest BCUT2D eigenvalue weighted by Gasteiger charge is -2.32. The number of piperidine rings is 1. The van der Waals surface area contributed by atoms with E-state index in [1.807, 2.05) is 12.1 Å². The Bertz CT molecular complexity index is 760. The molecule has 0 radical (unpaired) electrons. The Morgan fingerprint density at radius 2 is 1.88 bits per heavy atom.